The molecule has 2 unspecified atom stereocenters. The van der Waals surface area contributed by atoms with Gasteiger partial charge in [0.1, 0.15) is 5.75 Å². The van der Waals surface area contributed by atoms with Gasteiger partial charge in [0.15, 0.2) is 0 Å². The molecule has 1 aromatic carbocycles. The number of aryl methyl sites for hydroxylation is 1. The molecule has 0 radical (unpaired) electrons. The van der Waals surface area contributed by atoms with Crippen LogP contribution in [0.5, 0.6) is 5.75 Å². The summed E-state index contributed by atoms with van der Waals surface area (Å²) in [4.78, 5) is 0. The summed E-state index contributed by atoms with van der Waals surface area (Å²) in [6.45, 7) is 3.16. The van der Waals surface area contributed by atoms with E-state index in [1.165, 1.54) is 17.5 Å². The molecule has 2 rings (SSSR count). The van der Waals surface area contributed by atoms with E-state index in [2.05, 4.69) is 24.4 Å². The Labute approximate surface area is 109 Å². The molecule has 0 amide bonds. The van der Waals surface area contributed by atoms with Crippen molar-refractivity contribution in [2.24, 2.45) is 5.92 Å². The maximum atomic E-state index is 9.08. The smallest absolute Gasteiger partial charge is 0.119 e. The fourth-order valence-corrected chi connectivity index (χ4v) is 2.52. The highest BCUT2D eigenvalue weighted by Gasteiger charge is 2.20. The Kier molecular flexibility index (Phi) is 4.61. The summed E-state index contributed by atoms with van der Waals surface area (Å²) >= 11 is 0. The van der Waals surface area contributed by atoms with Gasteiger partial charge in [0, 0.05) is 19.2 Å². The third kappa shape index (κ3) is 3.03. The molecule has 3 heteroatoms. The van der Waals surface area contributed by atoms with Crippen LogP contribution < -0.4 is 10.1 Å². The SMILES string of the molecule is COc1ccc2c(c1)C(NCC(C)CO)CCC2. The number of benzene rings is 1. The van der Waals surface area contributed by atoms with Crippen molar-refractivity contribution in [2.45, 2.75) is 32.2 Å². The average molecular weight is 249 g/mol. The lowest BCUT2D eigenvalue weighted by Crippen LogP contribution is -2.30. The van der Waals surface area contributed by atoms with Gasteiger partial charge in [-0.05, 0) is 48.4 Å². The van der Waals surface area contributed by atoms with Crippen molar-refractivity contribution in [2.75, 3.05) is 20.3 Å². The normalized spacial score (nSPS) is 20.3. The fourth-order valence-electron chi connectivity index (χ4n) is 2.52. The van der Waals surface area contributed by atoms with Gasteiger partial charge in [-0.3, -0.25) is 0 Å². The van der Waals surface area contributed by atoms with E-state index in [-0.39, 0.29) is 6.61 Å². The van der Waals surface area contributed by atoms with Crippen molar-refractivity contribution in [3.05, 3.63) is 29.3 Å². The van der Waals surface area contributed by atoms with Crippen LogP contribution in [-0.2, 0) is 6.42 Å². The first-order valence-corrected chi connectivity index (χ1v) is 6.75. The van der Waals surface area contributed by atoms with E-state index < -0.39 is 0 Å². The second kappa shape index (κ2) is 6.21. The maximum absolute atomic E-state index is 9.08. The minimum atomic E-state index is 0.241. The third-order valence-corrected chi connectivity index (χ3v) is 3.69. The number of aliphatic hydroxyl groups excluding tert-OH is 1. The van der Waals surface area contributed by atoms with Crippen molar-refractivity contribution in [1.82, 2.24) is 5.32 Å². The molecule has 1 aromatic rings. The molecule has 2 atom stereocenters. The van der Waals surface area contributed by atoms with Gasteiger partial charge < -0.3 is 15.2 Å². The van der Waals surface area contributed by atoms with Crippen LogP contribution in [0.1, 0.15) is 36.9 Å². The van der Waals surface area contributed by atoms with E-state index in [1.54, 1.807) is 7.11 Å². The monoisotopic (exact) mass is 249 g/mol. The van der Waals surface area contributed by atoms with E-state index in [4.69, 9.17) is 9.84 Å². The van der Waals surface area contributed by atoms with Gasteiger partial charge in [-0.1, -0.05) is 13.0 Å². The summed E-state index contributed by atoms with van der Waals surface area (Å²) in [6.07, 6.45) is 3.55. The van der Waals surface area contributed by atoms with Crippen LogP contribution in [0.4, 0.5) is 0 Å². The summed E-state index contributed by atoms with van der Waals surface area (Å²) in [5.74, 6) is 1.23. The quantitative estimate of drug-likeness (QED) is 0.841. The highest BCUT2D eigenvalue weighted by molar-refractivity contribution is 5.39. The lowest BCUT2D eigenvalue weighted by atomic mass is 9.87. The number of aliphatic hydroxyl groups is 1. The molecule has 0 saturated carbocycles. The Morgan fingerprint density at radius 1 is 1.50 bits per heavy atom. The van der Waals surface area contributed by atoms with Gasteiger partial charge in [0.25, 0.3) is 0 Å². The molecular weight excluding hydrogens is 226 g/mol. The number of methoxy groups -OCH3 is 1. The largest absolute Gasteiger partial charge is 0.497 e. The first kappa shape index (κ1) is 13.4. The predicted octanol–water partition coefficient (Wildman–Crippen LogP) is 2.29. The van der Waals surface area contributed by atoms with Crippen molar-refractivity contribution >= 4 is 0 Å². The Balaban J connectivity index is 2.10. The molecule has 18 heavy (non-hydrogen) atoms. The molecule has 0 aliphatic heterocycles. The van der Waals surface area contributed by atoms with Crippen LogP contribution in [-0.4, -0.2) is 25.4 Å². The minimum absolute atomic E-state index is 0.241. The standard InChI is InChI=1S/C15H23NO2/c1-11(10-17)9-16-15-5-3-4-12-6-7-13(18-2)8-14(12)15/h6-8,11,15-17H,3-5,9-10H2,1-2H3. The number of rotatable bonds is 5. The molecule has 0 bridgehead atoms. The lowest BCUT2D eigenvalue weighted by molar-refractivity contribution is 0.228. The molecular formula is C15H23NO2. The van der Waals surface area contributed by atoms with Gasteiger partial charge in [0.05, 0.1) is 7.11 Å². The Morgan fingerprint density at radius 2 is 2.33 bits per heavy atom. The second-order valence-electron chi connectivity index (χ2n) is 5.21. The highest BCUT2D eigenvalue weighted by atomic mass is 16.5. The number of ether oxygens (including phenoxy) is 1. The van der Waals surface area contributed by atoms with Gasteiger partial charge in [0.2, 0.25) is 0 Å². The van der Waals surface area contributed by atoms with Gasteiger partial charge in [-0.2, -0.15) is 0 Å². The van der Waals surface area contributed by atoms with E-state index in [0.717, 1.165) is 25.1 Å². The number of nitrogens with one attached hydrogen (secondary N) is 1. The average Bonchev–Trinajstić information content (AvgIpc) is 2.43. The molecule has 0 spiro atoms. The molecule has 100 valence electrons. The molecule has 0 fully saturated rings. The molecule has 1 aliphatic rings. The summed E-state index contributed by atoms with van der Waals surface area (Å²) < 4.78 is 5.31. The van der Waals surface area contributed by atoms with Gasteiger partial charge in [-0.25, -0.2) is 0 Å². The van der Waals surface area contributed by atoms with E-state index in [9.17, 15) is 0 Å². The summed E-state index contributed by atoms with van der Waals surface area (Å²) in [7, 11) is 1.71. The fraction of sp³-hybridized carbons (Fsp3) is 0.600. The van der Waals surface area contributed by atoms with Crippen molar-refractivity contribution < 1.29 is 9.84 Å². The minimum Gasteiger partial charge on any atom is -0.497 e. The summed E-state index contributed by atoms with van der Waals surface area (Å²) in [6, 6.07) is 6.77. The molecule has 1 aliphatic carbocycles. The van der Waals surface area contributed by atoms with Crippen molar-refractivity contribution in [3.8, 4) is 5.75 Å². The van der Waals surface area contributed by atoms with E-state index in [0.29, 0.717) is 12.0 Å². The first-order chi connectivity index (χ1) is 8.74. The third-order valence-electron chi connectivity index (χ3n) is 3.69. The zero-order chi connectivity index (χ0) is 13.0. The summed E-state index contributed by atoms with van der Waals surface area (Å²) in [5.41, 5.74) is 2.79. The van der Waals surface area contributed by atoms with Crippen molar-refractivity contribution in [1.29, 1.82) is 0 Å². The van der Waals surface area contributed by atoms with Crippen LogP contribution in [0.3, 0.4) is 0 Å². The van der Waals surface area contributed by atoms with Crippen LogP contribution in [0.2, 0.25) is 0 Å². The Bertz CT molecular complexity index is 392. The zero-order valence-electron chi connectivity index (χ0n) is 11.3. The van der Waals surface area contributed by atoms with Crippen LogP contribution in [0.25, 0.3) is 0 Å². The summed E-state index contributed by atoms with van der Waals surface area (Å²) in [5, 5.41) is 12.6. The second-order valence-corrected chi connectivity index (χ2v) is 5.21. The number of hydrogen-bond acceptors (Lipinski definition) is 3. The maximum Gasteiger partial charge on any atom is 0.119 e. The van der Waals surface area contributed by atoms with E-state index in [1.807, 2.05) is 6.07 Å². The molecule has 0 heterocycles. The van der Waals surface area contributed by atoms with Crippen LogP contribution in [0, 0.1) is 5.92 Å². The zero-order valence-corrected chi connectivity index (χ0v) is 11.3. The van der Waals surface area contributed by atoms with Crippen LogP contribution >= 0.6 is 0 Å². The Hall–Kier alpha value is -1.06. The predicted molar refractivity (Wildman–Crippen MR) is 72.9 cm³/mol. The van der Waals surface area contributed by atoms with Gasteiger partial charge >= 0.3 is 0 Å². The molecule has 2 N–H and O–H groups in total. The highest BCUT2D eigenvalue weighted by Crippen LogP contribution is 2.32. The van der Waals surface area contributed by atoms with Gasteiger partial charge in [-0.15, -0.1) is 0 Å². The van der Waals surface area contributed by atoms with Crippen LogP contribution in [0.15, 0.2) is 18.2 Å². The lowest BCUT2D eigenvalue weighted by Gasteiger charge is -2.28. The Morgan fingerprint density at radius 3 is 3.06 bits per heavy atom. The molecule has 0 saturated heterocycles. The molecule has 3 nitrogen and oxygen atoms in total. The topological polar surface area (TPSA) is 41.5 Å². The molecule has 0 aromatic heterocycles. The first-order valence-electron chi connectivity index (χ1n) is 6.75. The number of hydrogen-bond donors (Lipinski definition) is 2. The van der Waals surface area contributed by atoms with E-state index >= 15 is 0 Å². The van der Waals surface area contributed by atoms with Crippen molar-refractivity contribution in [3.63, 3.8) is 0 Å². The number of fused-ring (bicyclic) bond motifs is 1.